The summed E-state index contributed by atoms with van der Waals surface area (Å²) in [5.41, 5.74) is 7.02. The van der Waals surface area contributed by atoms with Gasteiger partial charge < -0.3 is 30.2 Å². The second kappa shape index (κ2) is 11.3. The number of amidine groups is 2. The molecule has 38 heavy (non-hydrogen) atoms. The van der Waals surface area contributed by atoms with Crippen LogP contribution in [0.1, 0.15) is 27.3 Å². The minimum Gasteiger partial charge on any atom is -0.491 e. The zero-order valence-electron chi connectivity index (χ0n) is 21.3. The summed E-state index contributed by atoms with van der Waals surface area (Å²) in [6.07, 6.45) is 0.860. The number of benzene rings is 1. The molecule has 1 aromatic carbocycles. The van der Waals surface area contributed by atoms with Crippen LogP contribution in [0.5, 0.6) is 11.5 Å². The third-order valence-corrected chi connectivity index (χ3v) is 7.31. The molecule has 0 unspecified atom stereocenters. The molecule has 0 spiro atoms. The molecule has 0 radical (unpaired) electrons. The Morgan fingerprint density at radius 3 is 2.76 bits per heavy atom. The Balaban J connectivity index is 1.46. The highest BCUT2D eigenvalue weighted by Gasteiger charge is 2.36. The van der Waals surface area contributed by atoms with E-state index in [-0.39, 0.29) is 10.8 Å². The fourth-order valence-corrected chi connectivity index (χ4v) is 5.49. The van der Waals surface area contributed by atoms with Gasteiger partial charge in [0, 0.05) is 38.8 Å². The number of hydrogen-bond donors (Lipinski definition) is 3. The first-order valence-corrected chi connectivity index (χ1v) is 13.2. The second-order valence-electron chi connectivity index (χ2n) is 8.71. The molecule has 0 bridgehead atoms. The molecule has 4 N–H and O–H groups in total. The monoisotopic (exact) mass is 542 g/mol. The van der Waals surface area contributed by atoms with Crippen molar-refractivity contribution in [2.24, 2.45) is 15.7 Å². The summed E-state index contributed by atoms with van der Waals surface area (Å²) in [6.45, 7) is 5.98. The van der Waals surface area contributed by atoms with E-state index in [2.05, 4.69) is 25.5 Å². The van der Waals surface area contributed by atoms with Gasteiger partial charge in [-0.2, -0.15) is 0 Å². The molecule has 5 rings (SSSR count). The molecular formula is C24H30N8O5S. The number of primary amides is 1. The van der Waals surface area contributed by atoms with E-state index >= 15 is 0 Å². The van der Waals surface area contributed by atoms with Crippen LogP contribution in [0.3, 0.4) is 0 Å². The molecule has 13 nitrogen and oxygen atoms in total. The number of nitrogens with zero attached hydrogens (tertiary/aromatic N) is 5. The fraction of sp³-hybridized carbons (Fsp3) is 0.458. The lowest BCUT2D eigenvalue weighted by Gasteiger charge is -2.28. The Labute approximate surface area is 223 Å². The molecule has 0 atom stereocenters. The summed E-state index contributed by atoms with van der Waals surface area (Å²) < 4.78 is 17.3. The first kappa shape index (κ1) is 25.9. The van der Waals surface area contributed by atoms with Crippen LogP contribution in [-0.4, -0.2) is 105 Å². The average molecular weight is 543 g/mol. The number of methoxy groups -OCH3 is 1. The van der Waals surface area contributed by atoms with Gasteiger partial charge in [-0.25, -0.2) is 14.8 Å². The minimum absolute atomic E-state index is 0.0179. The van der Waals surface area contributed by atoms with Gasteiger partial charge in [-0.1, -0.05) is 11.3 Å². The predicted octanol–water partition coefficient (Wildman–Crippen LogP) is 1.26. The number of morpholine rings is 1. The van der Waals surface area contributed by atoms with Gasteiger partial charge in [0.05, 0.1) is 33.5 Å². The number of carbonyl (C=O) groups is 2. The molecule has 1 aromatic heterocycles. The lowest BCUT2D eigenvalue weighted by atomic mass is 10.1. The van der Waals surface area contributed by atoms with Gasteiger partial charge in [-0.15, -0.1) is 0 Å². The number of aliphatic imine (C=N–C) groups is 2. The highest BCUT2D eigenvalue weighted by Crippen LogP contribution is 2.44. The number of rotatable bonds is 9. The summed E-state index contributed by atoms with van der Waals surface area (Å²) in [5, 5.41) is 5.29. The van der Waals surface area contributed by atoms with Gasteiger partial charge >= 0.3 is 6.03 Å². The van der Waals surface area contributed by atoms with E-state index in [0.29, 0.717) is 53.4 Å². The number of urea groups is 1. The molecule has 0 saturated carbocycles. The zero-order valence-corrected chi connectivity index (χ0v) is 22.1. The number of amides is 3. The molecule has 0 aliphatic carbocycles. The van der Waals surface area contributed by atoms with Crippen molar-refractivity contribution in [1.29, 1.82) is 0 Å². The Hall–Kier alpha value is -3.75. The van der Waals surface area contributed by atoms with Crippen molar-refractivity contribution in [3.63, 3.8) is 0 Å². The first-order chi connectivity index (χ1) is 18.5. The van der Waals surface area contributed by atoms with Crippen LogP contribution in [0.15, 0.2) is 22.1 Å². The normalized spacial score (nSPS) is 16.7. The van der Waals surface area contributed by atoms with E-state index < -0.39 is 11.9 Å². The van der Waals surface area contributed by atoms with Crippen molar-refractivity contribution in [2.45, 2.75) is 6.42 Å². The van der Waals surface area contributed by atoms with Gasteiger partial charge in [-0.3, -0.25) is 20.0 Å². The Morgan fingerprint density at radius 1 is 1.21 bits per heavy atom. The number of nitrogens with one attached hydrogen (secondary N) is 2. The van der Waals surface area contributed by atoms with Crippen molar-refractivity contribution < 1.29 is 23.8 Å². The van der Waals surface area contributed by atoms with Crippen LogP contribution >= 0.6 is 11.3 Å². The van der Waals surface area contributed by atoms with Crippen molar-refractivity contribution in [3.05, 3.63) is 28.3 Å². The van der Waals surface area contributed by atoms with Gasteiger partial charge in [-0.05, 0) is 18.6 Å². The minimum atomic E-state index is -0.725. The van der Waals surface area contributed by atoms with Crippen LogP contribution in [0.4, 0.5) is 15.6 Å². The number of carbonyl (C=O) groups excluding carboxylic acids is 2. The van der Waals surface area contributed by atoms with E-state index in [1.54, 1.807) is 7.11 Å². The summed E-state index contributed by atoms with van der Waals surface area (Å²) in [7, 11) is 3.06. The van der Waals surface area contributed by atoms with Crippen LogP contribution in [0.2, 0.25) is 0 Å². The van der Waals surface area contributed by atoms with E-state index in [4.69, 9.17) is 24.9 Å². The summed E-state index contributed by atoms with van der Waals surface area (Å²) in [4.78, 5) is 42.7. The number of hydrogen-bond acceptors (Lipinski definition) is 11. The summed E-state index contributed by atoms with van der Waals surface area (Å²) in [6, 6.07) is 3.34. The maximum atomic E-state index is 12.3. The van der Waals surface area contributed by atoms with Gasteiger partial charge in [0.25, 0.3) is 5.91 Å². The molecule has 4 heterocycles. The predicted molar refractivity (Wildman–Crippen MR) is 143 cm³/mol. The molecule has 202 valence electrons. The van der Waals surface area contributed by atoms with E-state index in [1.807, 2.05) is 17.0 Å². The molecule has 1 fully saturated rings. The second-order valence-corrected chi connectivity index (χ2v) is 9.71. The maximum Gasteiger partial charge on any atom is 0.320 e. The van der Waals surface area contributed by atoms with Gasteiger partial charge in [0.1, 0.15) is 16.4 Å². The molecule has 14 heteroatoms. The zero-order chi connectivity index (χ0) is 26.6. The third kappa shape index (κ3) is 5.14. The molecule has 1 saturated heterocycles. The number of nitrogens with two attached hydrogens (primary N) is 1. The quantitative estimate of drug-likeness (QED) is 0.400. The summed E-state index contributed by atoms with van der Waals surface area (Å²) in [5.74, 6) is 1.51. The highest BCUT2D eigenvalue weighted by atomic mass is 32.1. The molecular weight excluding hydrogens is 512 g/mol. The lowest BCUT2D eigenvalue weighted by Crippen LogP contribution is -2.38. The molecule has 3 aliphatic heterocycles. The number of ether oxygens (including phenoxy) is 3. The average Bonchev–Trinajstić information content (AvgIpc) is 3.59. The number of thiazole rings is 1. The Kier molecular flexibility index (Phi) is 7.72. The molecule has 3 aliphatic rings. The third-order valence-electron chi connectivity index (χ3n) is 6.35. The van der Waals surface area contributed by atoms with Crippen molar-refractivity contribution in [3.8, 4) is 11.5 Å². The Morgan fingerprint density at radius 2 is 2.03 bits per heavy atom. The Bertz CT molecular complexity index is 1290. The number of aromatic nitrogens is 1. The number of anilines is 1. The van der Waals surface area contributed by atoms with Crippen LogP contribution in [0, 0.1) is 0 Å². The lowest BCUT2D eigenvalue weighted by molar-refractivity contribution is 0.0357. The highest BCUT2D eigenvalue weighted by molar-refractivity contribution is 7.18. The number of fused-ring (bicyclic) bond motifs is 3. The fourth-order valence-electron chi connectivity index (χ4n) is 4.53. The van der Waals surface area contributed by atoms with E-state index in [0.717, 1.165) is 56.2 Å². The van der Waals surface area contributed by atoms with Crippen molar-refractivity contribution >= 4 is 45.8 Å². The maximum absolute atomic E-state index is 12.3. The van der Waals surface area contributed by atoms with Crippen LogP contribution in [-0.2, 0) is 4.74 Å². The topological polar surface area (TPSA) is 156 Å². The molecule has 2 aromatic rings. The van der Waals surface area contributed by atoms with Gasteiger partial charge in [0.15, 0.2) is 28.2 Å². The smallest absolute Gasteiger partial charge is 0.320 e. The summed E-state index contributed by atoms with van der Waals surface area (Å²) >= 11 is 1.11. The van der Waals surface area contributed by atoms with Crippen molar-refractivity contribution in [2.75, 3.05) is 72.0 Å². The van der Waals surface area contributed by atoms with Crippen LogP contribution in [0.25, 0.3) is 0 Å². The first-order valence-electron chi connectivity index (χ1n) is 12.3. The largest absolute Gasteiger partial charge is 0.491 e. The standard InChI is InChI=1S/C24H30N8O5S/c1-26-23(34)30-24-29-17(20(25)33)19(38-24)22-28-16-14(21-27-6-8-32(21)22)4-5-15(18(16)35-2)37-11-3-7-31-9-12-36-13-10-31/h4-5H,3,6-13H2,1-2H3,(H2,25,33)(H2,26,29,30,34). The van der Waals surface area contributed by atoms with Crippen molar-refractivity contribution in [1.82, 2.24) is 20.1 Å². The molecule has 3 amide bonds. The van der Waals surface area contributed by atoms with Gasteiger partial charge in [0.2, 0.25) is 0 Å². The SMILES string of the molecule is CNC(=O)Nc1nc(C(N)=O)c(C2=Nc3c(ccc(OCCCN4CCOCC4)c3OC)C3=NCCN32)s1. The van der Waals surface area contributed by atoms with E-state index in [9.17, 15) is 9.59 Å². The van der Waals surface area contributed by atoms with E-state index in [1.165, 1.54) is 7.05 Å². The van der Waals surface area contributed by atoms with Crippen LogP contribution < -0.4 is 25.8 Å².